The van der Waals surface area contributed by atoms with Gasteiger partial charge in [0.05, 0.1) is 5.69 Å². The predicted molar refractivity (Wildman–Crippen MR) is 90.3 cm³/mol. The molecule has 5 nitrogen and oxygen atoms in total. The molecule has 0 saturated carbocycles. The SMILES string of the molecule is CN(C)Cc1cc(C2CCN(C(=O)c3ccccc3)CC2)n[nH]1. The first-order valence-corrected chi connectivity index (χ1v) is 8.16. The average molecular weight is 312 g/mol. The normalized spacial score (nSPS) is 16.0. The number of aromatic amines is 1. The molecule has 1 aliphatic rings. The number of amides is 1. The maximum atomic E-state index is 12.5. The average Bonchev–Trinajstić information content (AvgIpc) is 3.03. The van der Waals surface area contributed by atoms with Crippen LogP contribution >= 0.6 is 0 Å². The maximum Gasteiger partial charge on any atom is 0.253 e. The second kappa shape index (κ2) is 6.96. The summed E-state index contributed by atoms with van der Waals surface area (Å²) >= 11 is 0. The predicted octanol–water partition coefficient (Wildman–Crippen LogP) is 2.49. The van der Waals surface area contributed by atoms with Crippen LogP contribution in [0.1, 0.15) is 40.5 Å². The fraction of sp³-hybridized carbons (Fsp3) is 0.444. The van der Waals surface area contributed by atoms with E-state index in [1.807, 2.05) is 49.3 Å². The molecule has 1 aromatic heterocycles. The minimum absolute atomic E-state index is 0.138. The Bertz CT molecular complexity index is 642. The summed E-state index contributed by atoms with van der Waals surface area (Å²) in [5.74, 6) is 0.585. The Labute approximate surface area is 137 Å². The van der Waals surface area contributed by atoms with Crippen LogP contribution in [0.15, 0.2) is 36.4 Å². The third-order valence-corrected chi connectivity index (χ3v) is 4.36. The van der Waals surface area contributed by atoms with Crippen molar-refractivity contribution in [2.45, 2.75) is 25.3 Å². The third kappa shape index (κ3) is 3.79. The molecule has 2 aromatic rings. The minimum atomic E-state index is 0.138. The van der Waals surface area contributed by atoms with E-state index in [1.165, 1.54) is 0 Å². The van der Waals surface area contributed by atoms with E-state index in [2.05, 4.69) is 21.2 Å². The highest BCUT2D eigenvalue weighted by atomic mass is 16.2. The van der Waals surface area contributed by atoms with Gasteiger partial charge < -0.3 is 9.80 Å². The first kappa shape index (κ1) is 15.7. The highest BCUT2D eigenvalue weighted by Crippen LogP contribution is 2.27. The van der Waals surface area contributed by atoms with Crippen molar-refractivity contribution in [1.82, 2.24) is 20.0 Å². The molecule has 2 heterocycles. The molecule has 0 bridgehead atoms. The van der Waals surface area contributed by atoms with Gasteiger partial charge in [0.2, 0.25) is 0 Å². The van der Waals surface area contributed by atoms with Crippen LogP contribution in [0.2, 0.25) is 0 Å². The van der Waals surface area contributed by atoms with Crippen molar-refractivity contribution in [3.8, 4) is 0 Å². The Morgan fingerprint density at radius 3 is 2.61 bits per heavy atom. The van der Waals surface area contributed by atoms with E-state index < -0.39 is 0 Å². The van der Waals surface area contributed by atoms with E-state index in [9.17, 15) is 4.79 Å². The van der Waals surface area contributed by atoms with Gasteiger partial charge in [0.1, 0.15) is 0 Å². The van der Waals surface area contributed by atoms with Gasteiger partial charge in [-0.15, -0.1) is 0 Å². The van der Waals surface area contributed by atoms with Crippen LogP contribution in [0, 0.1) is 0 Å². The second-order valence-corrected chi connectivity index (χ2v) is 6.49. The molecule has 1 amide bonds. The molecule has 1 N–H and O–H groups in total. The Balaban J connectivity index is 1.58. The molecule has 23 heavy (non-hydrogen) atoms. The Morgan fingerprint density at radius 1 is 1.26 bits per heavy atom. The van der Waals surface area contributed by atoms with Crippen LogP contribution in [-0.2, 0) is 6.54 Å². The maximum absolute atomic E-state index is 12.5. The summed E-state index contributed by atoms with van der Waals surface area (Å²) in [6.45, 7) is 2.47. The van der Waals surface area contributed by atoms with Crippen LogP contribution in [0.5, 0.6) is 0 Å². The molecule has 1 aliphatic heterocycles. The Kier molecular flexibility index (Phi) is 4.76. The molecule has 0 atom stereocenters. The van der Waals surface area contributed by atoms with Crippen molar-refractivity contribution in [2.24, 2.45) is 0 Å². The van der Waals surface area contributed by atoms with E-state index >= 15 is 0 Å². The number of nitrogens with one attached hydrogen (secondary N) is 1. The van der Waals surface area contributed by atoms with Gasteiger partial charge in [-0.05, 0) is 45.1 Å². The molecule has 1 saturated heterocycles. The number of rotatable bonds is 4. The van der Waals surface area contributed by atoms with Gasteiger partial charge in [0.15, 0.2) is 0 Å². The molecule has 1 aromatic carbocycles. The first-order valence-electron chi connectivity index (χ1n) is 8.16. The molecule has 122 valence electrons. The number of carbonyl (C=O) groups is 1. The zero-order chi connectivity index (χ0) is 16.2. The van der Waals surface area contributed by atoms with E-state index in [-0.39, 0.29) is 5.91 Å². The summed E-state index contributed by atoms with van der Waals surface area (Å²) in [6, 6.07) is 11.7. The van der Waals surface area contributed by atoms with Crippen molar-refractivity contribution < 1.29 is 4.79 Å². The van der Waals surface area contributed by atoms with E-state index in [0.717, 1.165) is 49.4 Å². The molecule has 0 radical (unpaired) electrons. The van der Waals surface area contributed by atoms with Gasteiger partial charge in [0.25, 0.3) is 5.91 Å². The molecule has 3 rings (SSSR count). The van der Waals surface area contributed by atoms with Gasteiger partial charge >= 0.3 is 0 Å². The fourth-order valence-electron chi connectivity index (χ4n) is 3.15. The van der Waals surface area contributed by atoms with Crippen LogP contribution < -0.4 is 0 Å². The highest BCUT2D eigenvalue weighted by molar-refractivity contribution is 5.94. The lowest BCUT2D eigenvalue weighted by Gasteiger charge is -2.31. The molecular formula is C18H24N4O. The number of aromatic nitrogens is 2. The quantitative estimate of drug-likeness (QED) is 0.943. The molecular weight excluding hydrogens is 288 g/mol. The zero-order valence-electron chi connectivity index (χ0n) is 13.8. The van der Waals surface area contributed by atoms with E-state index in [4.69, 9.17) is 0 Å². The van der Waals surface area contributed by atoms with Crippen LogP contribution in [0.4, 0.5) is 0 Å². The van der Waals surface area contributed by atoms with Crippen molar-refractivity contribution in [1.29, 1.82) is 0 Å². The number of hydrogen-bond acceptors (Lipinski definition) is 3. The summed E-state index contributed by atoms with van der Waals surface area (Å²) in [6.07, 6.45) is 1.95. The molecule has 0 unspecified atom stereocenters. The lowest BCUT2D eigenvalue weighted by Crippen LogP contribution is -2.37. The molecule has 0 aliphatic carbocycles. The smallest absolute Gasteiger partial charge is 0.253 e. The number of benzene rings is 1. The lowest BCUT2D eigenvalue weighted by molar-refractivity contribution is 0.0712. The molecule has 1 fully saturated rings. The van der Waals surface area contributed by atoms with Crippen molar-refractivity contribution in [3.05, 3.63) is 53.3 Å². The monoisotopic (exact) mass is 312 g/mol. The van der Waals surface area contributed by atoms with Gasteiger partial charge in [-0.2, -0.15) is 5.10 Å². The Hall–Kier alpha value is -2.14. The Morgan fingerprint density at radius 2 is 1.96 bits per heavy atom. The van der Waals surface area contributed by atoms with Crippen LogP contribution in [0.3, 0.4) is 0 Å². The third-order valence-electron chi connectivity index (χ3n) is 4.36. The number of carbonyl (C=O) groups excluding carboxylic acids is 1. The van der Waals surface area contributed by atoms with Crippen molar-refractivity contribution >= 4 is 5.91 Å². The van der Waals surface area contributed by atoms with Gasteiger partial charge in [0, 0.05) is 36.8 Å². The molecule has 0 spiro atoms. The number of nitrogens with zero attached hydrogens (tertiary/aromatic N) is 3. The highest BCUT2D eigenvalue weighted by Gasteiger charge is 2.25. The van der Waals surface area contributed by atoms with Crippen molar-refractivity contribution in [3.63, 3.8) is 0 Å². The summed E-state index contributed by atoms with van der Waals surface area (Å²) in [4.78, 5) is 16.5. The summed E-state index contributed by atoms with van der Waals surface area (Å²) in [5, 5.41) is 7.59. The standard InChI is InChI=1S/C18H24N4O/c1-21(2)13-16-12-17(20-19-16)14-8-10-22(11-9-14)18(23)15-6-4-3-5-7-15/h3-7,12,14H,8-11,13H2,1-2H3,(H,19,20). The van der Waals surface area contributed by atoms with Gasteiger partial charge in [-0.1, -0.05) is 18.2 Å². The first-order chi connectivity index (χ1) is 11.1. The molecule has 5 heteroatoms. The van der Waals surface area contributed by atoms with Gasteiger partial charge in [-0.25, -0.2) is 0 Å². The number of hydrogen-bond donors (Lipinski definition) is 1. The summed E-state index contributed by atoms with van der Waals surface area (Å²) < 4.78 is 0. The zero-order valence-corrected chi connectivity index (χ0v) is 13.8. The van der Waals surface area contributed by atoms with Crippen LogP contribution in [0.25, 0.3) is 0 Å². The second-order valence-electron chi connectivity index (χ2n) is 6.49. The summed E-state index contributed by atoms with van der Waals surface area (Å²) in [7, 11) is 4.10. The summed E-state index contributed by atoms with van der Waals surface area (Å²) in [5.41, 5.74) is 3.06. The van der Waals surface area contributed by atoms with E-state index in [1.54, 1.807) is 0 Å². The number of likely N-dealkylation sites (tertiary alicyclic amines) is 1. The van der Waals surface area contributed by atoms with E-state index in [0.29, 0.717) is 5.92 Å². The van der Waals surface area contributed by atoms with Gasteiger partial charge in [-0.3, -0.25) is 9.89 Å². The van der Waals surface area contributed by atoms with Crippen molar-refractivity contribution in [2.75, 3.05) is 27.2 Å². The fourth-order valence-corrected chi connectivity index (χ4v) is 3.15. The number of piperidine rings is 1. The lowest BCUT2D eigenvalue weighted by atomic mass is 9.93. The minimum Gasteiger partial charge on any atom is -0.339 e. The largest absolute Gasteiger partial charge is 0.339 e. The van der Waals surface area contributed by atoms with Crippen LogP contribution in [-0.4, -0.2) is 53.1 Å². The topological polar surface area (TPSA) is 52.2 Å². The number of H-pyrrole nitrogens is 1.